The lowest BCUT2D eigenvalue weighted by atomic mass is 10.0. The topological polar surface area (TPSA) is 105 Å². The zero-order chi connectivity index (χ0) is 27.9. The van der Waals surface area contributed by atoms with Gasteiger partial charge >= 0.3 is 0 Å². The number of nitrogens with one attached hydrogen (secondary N) is 2. The van der Waals surface area contributed by atoms with Crippen LogP contribution in [0.2, 0.25) is 0 Å². The molecular weight excluding hydrogens is 514 g/mol. The summed E-state index contributed by atoms with van der Waals surface area (Å²) in [7, 11) is 0. The van der Waals surface area contributed by atoms with Crippen LogP contribution in [0.5, 0.6) is 5.75 Å². The van der Waals surface area contributed by atoms with Crippen LogP contribution in [0.15, 0.2) is 77.7 Å². The maximum atomic E-state index is 12.8. The van der Waals surface area contributed by atoms with E-state index in [1.807, 2.05) is 43.3 Å². The Hall–Kier alpha value is -4.37. The molecule has 9 heteroatoms. The molecule has 0 radical (unpaired) electrons. The van der Waals surface area contributed by atoms with Crippen molar-refractivity contribution in [1.82, 2.24) is 4.90 Å². The highest BCUT2D eigenvalue weighted by molar-refractivity contribution is 8.18. The van der Waals surface area contributed by atoms with E-state index in [0.717, 1.165) is 33.5 Å². The fourth-order valence-electron chi connectivity index (χ4n) is 3.94. The number of carbonyl (C=O) groups excluding carboxylic acids is 4. The van der Waals surface area contributed by atoms with E-state index in [4.69, 9.17) is 4.74 Å². The minimum absolute atomic E-state index is 0.158. The molecule has 0 unspecified atom stereocenters. The summed E-state index contributed by atoms with van der Waals surface area (Å²) >= 11 is 0.785. The van der Waals surface area contributed by atoms with Crippen LogP contribution in [0.25, 0.3) is 6.08 Å². The first kappa shape index (κ1) is 27.7. The first-order chi connectivity index (χ1) is 18.7. The second-order valence-electron chi connectivity index (χ2n) is 9.28. The van der Waals surface area contributed by atoms with Crippen molar-refractivity contribution in [2.45, 2.75) is 26.7 Å². The minimum Gasteiger partial charge on any atom is -0.484 e. The van der Waals surface area contributed by atoms with Crippen LogP contribution in [-0.4, -0.2) is 41.0 Å². The molecule has 3 aromatic rings. The van der Waals surface area contributed by atoms with Crippen molar-refractivity contribution >= 4 is 52.2 Å². The largest absolute Gasteiger partial charge is 0.484 e. The summed E-state index contributed by atoms with van der Waals surface area (Å²) < 4.78 is 5.61. The summed E-state index contributed by atoms with van der Waals surface area (Å²) in [5, 5.41) is 5.12. The van der Waals surface area contributed by atoms with E-state index in [1.165, 1.54) is 0 Å². The third-order valence-electron chi connectivity index (χ3n) is 6.00. The van der Waals surface area contributed by atoms with Crippen molar-refractivity contribution in [3.8, 4) is 5.75 Å². The Balaban J connectivity index is 1.32. The highest BCUT2D eigenvalue weighted by Crippen LogP contribution is 2.32. The number of hydrogen-bond acceptors (Lipinski definition) is 6. The number of carbonyl (C=O) groups is 4. The van der Waals surface area contributed by atoms with Crippen LogP contribution >= 0.6 is 11.8 Å². The smallest absolute Gasteiger partial charge is 0.294 e. The number of aryl methyl sites for hydroxylation is 1. The Labute approximate surface area is 231 Å². The fourth-order valence-corrected chi connectivity index (χ4v) is 4.78. The molecule has 2 N–H and O–H groups in total. The number of benzene rings is 3. The summed E-state index contributed by atoms with van der Waals surface area (Å²) in [5.41, 5.74) is 3.99. The molecule has 4 rings (SSSR count). The molecule has 1 saturated heterocycles. The lowest BCUT2D eigenvalue weighted by Gasteiger charge is -2.14. The lowest BCUT2D eigenvalue weighted by molar-refractivity contribution is -0.127. The molecule has 0 spiro atoms. The van der Waals surface area contributed by atoms with Crippen LogP contribution < -0.4 is 15.4 Å². The molecule has 1 fully saturated rings. The molecule has 39 heavy (non-hydrogen) atoms. The molecule has 0 bridgehead atoms. The van der Waals surface area contributed by atoms with Gasteiger partial charge in [-0.3, -0.25) is 24.1 Å². The first-order valence-corrected chi connectivity index (χ1v) is 13.3. The van der Waals surface area contributed by atoms with E-state index < -0.39 is 17.1 Å². The summed E-state index contributed by atoms with van der Waals surface area (Å²) in [6.07, 6.45) is 1.59. The van der Waals surface area contributed by atoms with Gasteiger partial charge in [0.15, 0.2) is 6.61 Å². The van der Waals surface area contributed by atoms with Gasteiger partial charge in [-0.25, -0.2) is 0 Å². The number of rotatable bonds is 9. The molecule has 8 nitrogen and oxygen atoms in total. The van der Waals surface area contributed by atoms with Gasteiger partial charge in [0.25, 0.3) is 17.1 Å². The second-order valence-corrected chi connectivity index (χ2v) is 10.3. The number of ether oxygens (including phenoxy) is 1. The van der Waals surface area contributed by atoms with Crippen LogP contribution in [-0.2, 0) is 14.4 Å². The van der Waals surface area contributed by atoms with Crippen molar-refractivity contribution in [2.24, 2.45) is 0 Å². The Kier molecular flexibility index (Phi) is 8.83. The molecule has 3 aromatic carbocycles. The van der Waals surface area contributed by atoms with E-state index in [9.17, 15) is 19.2 Å². The van der Waals surface area contributed by atoms with E-state index in [0.29, 0.717) is 17.0 Å². The van der Waals surface area contributed by atoms with Crippen LogP contribution in [0, 0.1) is 6.92 Å². The molecule has 4 amide bonds. The second kappa shape index (κ2) is 12.4. The van der Waals surface area contributed by atoms with E-state index >= 15 is 0 Å². The van der Waals surface area contributed by atoms with E-state index in [-0.39, 0.29) is 29.9 Å². The summed E-state index contributed by atoms with van der Waals surface area (Å²) in [5.74, 6) is -0.491. The lowest BCUT2D eigenvalue weighted by Crippen LogP contribution is -2.36. The first-order valence-electron chi connectivity index (χ1n) is 12.4. The summed E-state index contributed by atoms with van der Waals surface area (Å²) in [6.45, 7) is 5.46. The van der Waals surface area contributed by atoms with Crippen molar-refractivity contribution in [3.05, 3.63) is 94.4 Å². The molecule has 0 atom stereocenters. The third kappa shape index (κ3) is 7.14. The number of nitrogens with zero attached hydrogens (tertiary/aromatic N) is 1. The molecule has 0 saturated carbocycles. The van der Waals surface area contributed by atoms with Crippen molar-refractivity contribution < 1.29 is 23.9 Å². The van der Waals surface area contributed by atoms with Crippen molar-refractivity contribution in [3.63, 3.8) is 0 Å². The van der Waals surface area contributed by atoms with Gasteiger partial charge in [0.2, 0.25) is 5.91 Å². The van der Waals surface area contributed by atoms with Crippen LogP contribution in [0.4, 0.5) is 16.2 Å². The van der Waals surface area contributed by atoms with E-state index in [1.54, 1.807) is 42.5 Å². The Morgan fingerprint density at radius 3 is 2.23 bits per heavy atom. The molecule has 1 aliphatic heterocycles. The van der Waals surface area contributed by atoms with Crippen molar-refractivity contribution in [1.29, 1.82) is 0 Å². The van der Waals surface area contributed by atoms with Gasteiger partial charge in [-0.15, -0.1) is 0 Å². The normalized spacial score (nSPS) is 14.2. The number of amides is 4. The monoisotopic (exact) mass is 543 g/mol. The highest BCUT2D eigenvalue weighted by atomic mass is 32.2. The Morgan fingerprint density at radius 1 is 0.897 bits per heavy atom. The van der Waals surface area contributed by atoms with Gasteiger partial charge in [0, 0.05) is 11.4 Å². The standard InChI is InChI=1S/C30H29N3O5S/c1-19(2)23-9-5-7-11-25(23)32-28(35)18-38-22-14-12-21(13-15-22)16-26-29(36)33(30(37)39-26)17-27(34)31-24-10-6-4-8-20(24)3/h4-16,19H,17-18H2,1-3H3,(H,31,34)(H,32,35)/b26-16+. The quantitative estimate of drug-likeness (QED) is 0.330. The van der Waals surface area contributed by atoms with Crippen LogP contribution in [0.3, 0.4) is 0 Å². The highest BCUT2D eigenvalue weighted by Gasteiger charge is 2.36. The maximum absolute atomic E-state index is 12.8. The molecule has 1 heterocycles. The SMILES string of the molecule is Cc1ccccc1NC(=O)CN1C(=O)S/C(=C/c2ccc(OCC(=O)Nc3ccccc3C(C)C)cc2)C1=O. The predicted octanol–water partition coefficient (Wildman–Crippen LogP) is 5.81. The number of para-hydroxylation sites is 2. The fraction of sp³-hybridized carbons (Fsp3) is 0.200. The summed E-state index contributed by atoms with van der Waals surface area (Å²) in [4.78, 5) is 51.2. The Morgan fingerprint density at radius 2 is 1.54 bits per heavy atom. The van der Waals surface area contributed by atoms with E-state index in [2.05, 4.69) is 24.5 Å². The van der Waals surface area contributed by atoms with Gasteiger partial charge in [-0.1, -0.05) is 62.4 Å². The Bertz CT molecular complexity index is 1430. The zero-order valence-corrected chi connectivity index (χ0v) is 22.7. The summed E-state index contributed by atoms with van der Waals surface area (Å²) in [6, 6.07) is 21.7. The number of thioether (sulfide) groups is 1. The molecule has 1 aliphatic rings. The molecule has 0 aromatic heterocycles. The molecule has 0 aliphatic carbocycles. The minimum atomic E-state index is -0.524. The van der Waals surface area contributed by atoms with Crippen LogP contribution in [0.1, 0.15) is 36.5 Å². The maximum Gasteiger partial charge on any atom is 0.294 e. The van der Waals surface area contributed by atoms with Gasteiger partial charge in [-0.2, -0.15) is 0 Å². The van der Waals surface area contributed by atoms with Gasteiger partial charge in [0.05, 0.1) is 4.91 Å². The number of anilines is 2. The van der Waals surface area contributed by atoms with Gasteiger partial charge in [0.1, 0.15) is 12.3 Å². The third-order valence-corrected chi connectivity index (χ3v) is 6.91. The zero-order valence-electron chi connectivity index (χ0n) is 21.9. The van der Waals surface area contributed by atoms with Crippen molar-refractivity contribution in [2.75, 3.05) is 23.8 Å². The predicted molar refractivity (Wildman–Crippen MR) is 154 cm³/mol. The average Bonchev–Trinajstić information content (AvgIpc) is 3.17. The molecular formula is C30H29N3O5S. The van der Waals surface area contributed by atoms with Gasteiger partial charge in [-0.05, 0) is 71.6 Å². The number of imide groups is 1. The number of hydrogen-bond donors (Lipinski definition) is 2. The average molecular weight is 544 g/mol. The van der Waals surface area contributed by atoms with Gasteiger partial charge < -0.3 is 15.4 Å². The molecule has 200 valence electrons.